The van der Waals surface area contributed by atoms with E-state index in [2.05, 4.69) is 9.88 Å². The number of nitrogens with two attached hydrogens (primary N) is 1. The van der Waals surface area contributed by atoms with Crippen LogP contribution in [-0.4, -0.2) is 33.8 Å². The average molecular weight is 265 g/mol. The van der Waals surface area contributed by atoms with Crippen molar-refractivity contribution < 1.29 is 5.11 Å². The highest BCUT2D eigenvalue weighted by Gasteiger charge is 2.33. The van der Waals surface area contributed by atoms with Crippen LogP contribution in [-0.2, 0) is 0 Å². The second kappa shape index (κ2) is 4.48. The summed E-state index contributed by atoms with van der Waals surface area (Å²) in [6, 6.07) is 1.98. The van der Waals surface area contributed by atoms with Gasteiger partial charge in [0.05, 0.1) is 11.2 Å². The van der Waals surface area contributed by atoms with Crippen molar-refractivity contribution in [2.45, 2.75) is 32.8 Å². The summed E-state index contributed by atoms with van der Waals surface area (Å²) in [5.41, 5.74) is 7.95. The number of anilines is 1. The molecule has 2 rings (SSSR count). The topological polar surface area (TPSA) is 62.4 Å². The Labute approximate surface area is 113 Å². The number of nitrogens with zero attached hydrogens (tertiary/aromatic N) is 2. The highest BCUT2D eigenvalue weighted by Crippen LogP contribution is 2.29. The predicted octanol–water partition coefficient (Wildman–Crippen LogP) is 1.29. The maximum Gasteiger partial charge on any atom is 0.139 e. The first kappa shape index (κ1) is 13.2. The summed E-state index contributed by atoms with van der Waals surface area (Å²) >= 11 is 5.12. The number of pyridine rings is 1. The lowest BCUT2D eigenvalue weighted by Gasteiger charge is -2.23. The molecular weight excluding hydrogens is 246 g/mol. The number of hydrogen-bond acceptors (Lipinski definition) is 4. The van der Waals surface area contributed by atoms with Crippen LogP contribution in [0.1, 0.15) is 30.2 Å². The molecule has 5 heteroatoms. The molecule has 0 aliphatic carbocycles. The third-order valence-corrected chi connectivity index (χ3v) is 3.53. The third kappa shape index (κ3) is 2.47. The first-order valence-electron chi connectivity index (χ1n) is 6.05. The molecule has 1 aromatic rings. The van der Waals surface area contributed by atoms with Crippen LogP contribution < -0.4 is 10.6 Å². The third-order valence-electron chi connectivity index (χ3n) is 3.32. The van der Waals surface area contributed by atoms with Crippen LogP contribution >= 0.6 is 12.2 Å². The molecule has 2 heterocycles. The lowest BCUT2D eigenvalue weighted by atomic mass is 10.1. The summed E-state index contributed by atoms with van der Waals surface area (Å²) < 4.78 is 0. The minimum atomic E-state index is -0.660. The number of hydrogen-bond donors (Lipinski definition) is 2. The Kier molecular flexibility index (Phi) is 3.29. The molecule has 1 aromatic heterocycles. The molecule has 3 N–H and O–H groups in total. The van der Waals surface area contributed by atoms with Crippen molar-refractivity contribution in [1.29, 1.82) is 0 Å². The van der Waals surface area contributed by atoms with Crippen LogP contribution in [0.4, 0.5) is 5.82 Å². The summed E-state index contributed by atoms with van der Waals surface area (Å²) in [5.74, 6) is 0.803. The molecule has 0 spiro atoms. The number of aromatic nitrogens is 1. The van der Waals surface area contributed by atoms with Gasteiger partial charge in [0.15, 0.2) is 0 Å². The van der Waals surface area contributed by atoms with Gasteiger partial charge in [0.25, 0.3) is 0 Å². The Balaban J connectivity index is 2.47. The van der Waals surface area contributed by atoms with E-state index in [0.29, 0.717) is 11.5 Å². The Morgan fingerprint density at radius 2 is 2.22 bits per heavy atom. The molecule has 0 aromatic carbocycles. The van der Waals surface area contributed by atoms with Crippen LogP contribution in [0, 0.1) is 13.8 Å². The van der Waals surface area contributed by atoms with Crippen LogP contribution in [0.15, 0.2) is 6.07 Å². The van der Waals surface area contributed by atoms with Gasteiger partial charge in [-0.1, -0.05) is 12.2 Å². The zero-order valence-corrected chi connectivity index (χ0v) is 11.8. The number of rotatable bonds is 2. The highest BCUT2D eigenvalue weighted by atomic mass is 32.1. The molecule has 0 amide bonds. The largest absolute Gasteiger partial charge is 0.389 e. The molecule has 1 fully saturated rings. The predicted molar refractivity (Wildman–Crippen MR) is 77.1 cm³/mol. The maximum atomic E-state index is 10.1. The van der Waals surface area contributed by atoms with Gasteiger partial charge in [-0.25, -0.2) is 4.98 Å². The molecule has 0 radical (unpaired) electrons. The summed E-state index contributed by atoms with van der Waals surface area (Å²) in [4.78, 5) is 6.98. The number of β-amino-alcohol motifs (C(OH)–C–C–N with tert-alkyl or cyclic N) is 1. The van der Waals surface area contributed by atoms with Gasteiger partial charge in [0.1, 0.15) is 10.8 Å². The fraction of sp³-hybridized carbons (Fsp3) is 0.538. The molecule has 4 nitrogen and oxygen atoms in total. The van der Waals surface area contributed by atoms with E-state index in [9.17, 15) is 5.11 Å². The van der Waals surface area contributed by atoms with E-state index in [1.807, 2.05) is 26.8 Å². The van der Waals surface area contributed by atoms with Crippen molar-refractivity contribution in [3.63, 3.8) is 0 Å². The van der Waals surface area contributed by atoms with Gasteiger partial charge in [-0.3, -0.25) is 0 Å². The van der Waals surface area contributed by atoms with Crippen molar-refractivity contribution >= 4 is 23.0 Å². The molecule has 1 saturated heterocycles. The fourth-order valence-electron chi connectivity index (χ4n) is 2.48. The van der Waals surface area contributed by atoms with Crippen LogP contribution in [0.5, 0.6) is 0 Å². The normalized spacial score (nSPS) is 23.4. The fourth-order valence-corrected chi connectivity index (χ4v) is 2.73. The van der Waals surface area contributed by atoms with Crippen molar-refractivity contribution in [2.75, 3.05) is 18.0 Å². The van der Waals surface area contributed by atoms with Crippen LogP contribution in [0.25, 0.3) is 0 Å². The van der Waals surface area contributed by atoms with E-state index in [4.69, 9.17) is 18.0 Å². The maximum absolute atomic E-state index is 10.1. The van der Waals surface area contributed by atoms with Crippen LogP contribution in [0.3, 0.4) is 0 Å². The van der Waals surface area contributed by atoms with E-state index < -0.39 is 5.60 Å². The van der Waals surface area contributed by atoms with E-state index in [1.165, 1.54) is 0 Å². The first-order chi connectivity index (χ1) is 8.30. The number of aliphatic hydroxyl groups is 1. The SMILES string of the molecule is Cc1cc(C)c(C(N)=S)c(N2CCC(C)(O)C2)n1. The van der Waals surface area contributed by atoms with Crippen molar-refractivity contribution in [3.8, 4) is 0 Å². The molecule has 0 bridgehead atoms. The lowest BCUT2D eigenvalue weighted by molar-refractivity contribution is 0.0839. The zero-order chi connectivity index (χ0) is 13.5. The molecule has 98 valence electrons. The van der Waals surface area contributed by atoms with Gasteiger partial charge in [0.2, 0.25) is 0 Å². The zero-order valence-electron chi connectivity index (χ0n) is 11.0. The average Bonchev–Trinajstić information content (AvgIpc) is 2.56. The second-order valence-electron chi connectivity index (χ2n) is 5.31. The number of aryl methyl sites for hydroxylation is 2. The van der Waals surface area contributed by atoms with Gasteiger partial charge >= 0.3 is 0 Å². The minimum absolute atomic E-state index is 0.363. The second-order valence-corrected chi connectivity index (χ2v) is 5.75. The molecule has 1 atom stereocenters. The van der Waals surface area contributed by atoms with Gasteiger partial charge in [0, 0.05) is 18.8 Å². The standard InChI is InChI=1S/C13H19N3OS/c1-8-6-9(2)15-12(10(8)11(14)18)16-5-4-13(3,17)7-16/h6,17H,4-5,7H2,1-3H3,(H2,14,18). The molecule has 18 heavy (non-hydrogen) atoms. The van der Waals surface area contributed by atoms with E-state index in [1.54, 1.807) is 0 Å². The van der Waals surface area contributed by atoms with Gasteiger partial charge in [-0.15, -0.1) is 0 Å². The first-order valence-corrected chi connectivity index (χ1v) is 6.46. The lowest BCUT2D eigenvalue weighted by Crippen LogP contribution is -2.31. The van der Waals surface area contributed by atoms with Gasteiger partial charge in [-0.2, -0.15) is 0 Å². The molecule has 1 unspecified atom stereocenters. The molecule has 1 aliphatic heterocycles. The summed E-state index contributed by atoms with van der Waals surface area (Å²) in [7, 11) is 0. The monoisotopic (exact) mass is 265 g/mol. The van der Waals surface area contributed by atoms with E-state index in [0.717, 1.165) is 35.6 Å². The Bertz CT molecular complexity index is 499. The summed E-state index contributed by atoms with van der Waals surface area (Å²) in [6.45, 7) is 7.13. The summed E-state index contributed by atoms with van der Waals surface area (Å²) in [5, 5.41) is 10.1. The van der Waals surface area contributed by atoms with Gasteiger partial charge < -0.3 is 15.7 Å². The molecule has 0 saturated carbocycles. The van der Waals surface area contributed by atoms with E-state index in [-0.39, 0.29) is 0 Å². The Morgan fingerprint density at radius 3 is 2.72 bits per heavy atom. The smallest absolute Gasteiger partial charge is 0.139 e. The van der Waals surface area contributed by atoms with Gasteiger partial charge in [-0.05, 0) is 38.8 Å². The molecule has 1 aliphatic rings. The van der Waals surface area contributed by atoms with E-state index >= 15 is 0 Å². The highest BCUT2D eigenvalue weighted by molar-refractivity contribution is 7.80. The Hall–Kier alpha value is -1.20. The van der Waals surface area contributed by atoms with Crippen molar-refractivity contribution in [3.05, 3.63) is 22.9 Å². The van der Waals surface area contributed by atoms with Crippen LogP contribution in [0.2, 0.25) is 0 Å². The molecular formula is C13H19N3OS. The Morgan fingerprint density at radius 1 is 1.56 bits per heavy atom. The van der Waals surface area contributed by atoms with Crippen molar-refractivity contribution in [1.82, 2.24) is 4.98 Å². The summed E-state index contributed by atoms with van der Waals surface area (Å²) in [6.07, 6.45) is 0.735. The quantitative estimate of drug-likeness (QED) is 0.789. The number of thiocarbonyl (C=S) groups is 1. The minimum Gasteiger partial charge on any atom is -0.389 e. The van der Waals surface area contributed by atoms with Crippen molar-refractivity contribution in [2.24, 2.45) is 5.73 Å².